The second-order valence-electron chi connectivity index (χ2n) is 5.95. The van der Waals surface area contributed by atoms with Crippen molar-refractivity contribution >= 4 is 5.97 Å². The summed E-state index contributed by atoms with van der Waals surface area (Å²) in [5.74, 6) is 0.826. The summed E-state index contributed by atoms with van der Waals surface area (Å²) < 4.78 is 5.16. The predicted molar refractivity (Wildman–Crippen MR) is 88.7 cm³/mol. The van der Waals surface area contributed by atoms with E-state index in [-0.39, 0.29) is 11.9 Å². The maximum atomic E-state index is 11.9. The highest BCUT2D eigenvalue weighted by atomic mass is 16.5. The molecule has 1 atom stereocenters. The molecule has 122 valence electrons. The quantitative estimate of drug-likeness (QED) is 0.862. The summed E-state index contributed by atoms with van der Waals surface area (Å²) in [7, 11) is 0. The van der Waals surface area contributed by atoms with Gasteiger partial charge in [0.15, 0.2) is 0 Å². The summed E-state index contributed by atoms with van der Waals surface area (Å²) >= 11 is 0. The summed E-state index contributed by atoms with van der Waals surface area (Å²) in [6, 6.07) is 10.1. The third kappa shape index (κ3) is 3.99. The molecular formula is C18H23N3O2. The minimum Gasteiger partial charge on any atom is -0.466 e. The van der Waals surface area contributed by atoms with Gasteiger partial charge in [-0.05, 0) is 26.3 Å². The first kappa shape index (κ1) is 15.7. The molecule has 0 spiro atoms. The van der Waals surface area contributed by atoms with E-state index < -0.39 is 0 Å². The first-order valence-electron chi connectivity index (χ1n) is 8.24. The first-order chi connectivity index (χ1) is 11.3. The SMILES string of the molecule is CCOC(=O)C1CCCN(Cc2cnc(-c3ccccc3)[nH]2)C1. The number of H-pyrrole nitrogens is 1. The minimum atomic E-state index is -0.0632. The van der Waals surface area contributed by atoms with E-state index in [2.05, 4.69) is 14.9 Å². The Labute approximate surface area is 136 Å². The zero-order valence-electron chi connectivity index (χ0n) is 13.5. The Hall–Kier alpha value is -2.14. The molecule has 1 aromatic carbocycles. The Morgan fingerprint density at radius 3 is 3.00 bits per heavy atom. The molecule has 5 nitrogen and oxygen atoms in total. The molecule has 0 amide bonds. The third-order valence-electron chi connectivity index (χ3n) is 4.20. The second-order valence-corrected chi connectivity index (χ2v) is 5.95. The van der Waals surface area contributed by atoms with Crippen molar-refractivity contribution in [1.29, 1.82) is 0 Å². The van der Waals surface area contributed by atoms with Crippen LogP contribution in [0.2, 0.25) is 0 Å². The van der Waals surface area contributed by atoms with Crippen LogP contribution in [-0.4, -0.2) is 40.5 Å². The Kier molecular flexibility index (Phi) is 5.08. The van der Waals surface area contributed by atoms with E-state index >= 15 is 0 Å². The summed E-state index contributed by atoms with van der Waals surface area (Å²) in [5, 5.41) is 0. The number of carbonyl (C=O) groups excluding carboxylic acids is 1. The van der Waals surface area contributed by atoms with Crippen molar-refractivity contribution < 1.29 is 9.53 Å². The lowest BCUT2D eigenvalue weighted by Crippen LogP contribution is -2.39. The number of nitrogens with zero attached hydrogens (tertiary/aromatic N) is 2. The van der Waals surface area contributed by atoms with Gasteiger partial charge in [0.2, 0.25) is 0 Å². The molecule has 1 aliphatic rings. The number of esters is 1. The molecule has 1 saturated heterocycles. The van der Waals surface area contributed by atoms with E-state index in [4.69, 9.17) is 4.74 Å². The summed E-state index contributed by atoms with van der Waals surface area (Å²) in [4.78, 5) is 22.1. The molecular weight excluding hydrogens is 290 g/mol. The zero-order chi connectivity index (χ0) is 16.1. The second kappa shape index (κ2) is 7.42. The van der Waals surface area contributed by atoms with Crippen LogP contribution in [-0.2, 0) is 16.1 Å². The van der Waals surface area contributed by atoms with Crippen LogP contribution >= 0.6 is 0 Å². The molecule has 5 heteroatoms. The Bertz CT molecular complexity index is 639. The van der Waals surface area contributed by atoms with E-state index in [1.807, 2.05) is 43.5 Å². The lowest BCUT2D eigenvalue weighted by Gasteiger charge is -2.30. The number of piperidine rings is 1. The zero-order valence-corrected chi connectivity index (χ0v) is 13.5. The monoisotopic (exact) mass is 313 g/mol. The van der Waals surface area contributed by atoms with Crippen LogP contribution in [0.25, 0.3) is 11.4 Å². The number of rotatable bonds is 5. The van der Waals surface area contributed by atoms with Gasteiger partial charge in [0.25, 0.3) is 0 Å². The fraction of sp³-hybridized carbons (Fsp3) is 0.444. The number of benzene rings is 1. The molecule has 1 fully saturated rings. The van der Waals surface area contributed by atoms with Gasteiger partial charge >= 0.3 is 5.97 Å². The minimum absolute atomic E-state index is 0.000199. The lowest BCUT2D eigenvalue weighted by molar-refractivity contribution is -0.150. The molecule has 1 aliphatic heterocycles. The van der Waals surface area contributed by atoms with Crippen molar-refractivity contribution in [2.75, 3.05) is 19.7 Å². The standard InChI is InChI=1S/C18H23N3O2/c1-2-23-18(22)15-9-6-10-21(12-15)13-16-11-19-17(20-16)14-7-4-3-5-8-14/h3-5,7-8,11,15H,2,6,9-10,12-13H2,1H3,(H,19,20). The average Bonchev–Trinajstić information content (AvgIpc) is 3.05. The largest absolute Gasteiger partial charge is 0.466 e. The van der Waals surface area contributed by atoms with Crippen LogP contribution in [0.15, 0.2) is 36.5 Å². The average molecular weight is 313 g/mol. The molecule has 0 bridgehead atoms. The van der Waals surface area contributed by atoms with Crippen LogP contribution in [0.4, 0.5) is 0 Å². The van der Waals surface area contributed by atoms with Gasteiger partial charge in [-0.25, -0.2) is 4.98 Å². The molecule has 1 unspecified atom stereocenters. The van der Waals surface area contributed by atoms with Crippen LogP contribution in [0.1, 0.15) is 25.5 Å². The van der Waals surface area contributed by atoms with Crippen molar-refractivity contribution in [3.8, 4) is 11.4 Å². The van der Waals surface area contributed by atoms with E-state index in [1.54, 1.807) is 0 Å². The van der Waals surface area contributed by atoms with Crippen LogP contribution in [0, 0.1) is 5.92 Å². The molecule has 2 heterocycles. The number of likely N-dealkylation sites (tertiary alicyclic amines) is 1. The maximum absolute atomic E-state index is 11.9. The van der Waals surface area contributed by atoms with Gasteiger partial charge < -0.3 is 9.72 Å². The highest BCUT2D eigenvalue weighted by molar-refractivity contribution is 5.72. The van der Waals surface area contributed by atoms with E-state index in [0.717, 1.165) is 49.6 Å². The summed E-state index contributed by atoms with van der Waals surface area (Å²) in [6.07, 6.45) is 3.84. The van der Waals surface area contributed by atoms with E-state index in [9.17, 15) is 4.79 Å². The summed E-state index contributed by atoms with van der Waals surface area (Å²) in [5.41, 5.74) is 2.16. The molecule has 1 aromatic heterocycles. The first-order valence-corrected chi connectivity index (χ1v) is 8.24. The van der Waals surface area contributed by atoms with Crippen LogP contribution in [0.5, 0.6) is 0 Å². The Morgan fingerprint density at radius 2 is 2.22 bits per heavy atom. The lowest BCUT2D eigenvalue weighted by atomic mass is 9.98. The van der Waals surface area contributed by atoms with Crippen molar-refractivity contribution in [2.24, 2.45) is 5.92 Å². The van der Waals surface area contributed by atoms with E-state index in [1.165, 1.54) is 0 Å². The van der Waals surface area contributed by atoms with Crippen molar-refractivity contribution in [3.63, 3.8) is 0 Å². The highest BCUT2D eigenvalue weighted by Gasteiger charge is 2.27. The normalized spacial score (nSPS) is 18.7. The smallest absolute Gasteiger partial charge is 0.310 e. The molecule has 2 aromatic rings. The van der Waals surface area contributed by atoms with Gasteiger partial charge in [0.1, 0.15) is 5.82 Å². The fourth-order valence-electron chi connectivity index (χ4n) is 3.07. The van der Waals surface area contributed by atoms with Crippen molar-refractivity contribution in [3.05, 3.63) is 42.2 Å². The fourth-order valence-corrected chi connectivity index (χ4v) is 3.07. The molecule has 0 radical (unpaired) electrons. The van der Waals surface area contributed by atoms with Gasteiger partial charge in [-0.3, -0.25) is 9.69 Å². The molecule has 0 saturated carbocycles. The number of ether oxygens (including phenoxy) is 1. The number of nitrogens with one attached hydrogen (secondary N) is 1. The van der Waals surface area contributed by atoms with Gasteiger partial charge in [0, 0.05) is 30.5 Å². The van der Waals surface area contributed by atoms with Gasteiger partial charge in [-0.15, -0.1) is 0 Å². The number of aromatic amines is 1. The van der Waals surface area contributed by atoms with Crippen LogP contribution < -0.4 is 0 Å². The van der Waals surface area contributed by atoms with Gasteiger partial charge in [-0.2, -0.15) is 0 Å². The maximum Gasteiger partial charge on any atom is 0.310 e. The highest BCUT2D eigenvalue weighted by Crippen LogP contribution is 2.21. The Balaban J connectivity index is 1.61. The van der Waals surface area contributed by atoms with Gasteiger partial charge in [0.05, 0.1) is 12.5 Å². The molecule has 1 N–H and O–H groups in total. The topological polar surface area (TPSA) is 58.2 Å². The molecule has 0 aliphatic carbocycles. The third-order valence-corrected chi connectivity index (χ3v) is 4.20. The van der Waals surface area contributed by atoms with E-state index in [0.29, 0.717) is 6.61 Å². The molecule has 3 rings (SSSR count). The van der Waals surface area contributed by atoms with Gasteiger partial charge in [-0.1, -0.05) is 30.3 Å². The Morgan fingerprint density at radius 1 is 1.39 bits per heavy atom. The number of imidazole rings is 1. The number of aromatic nitrogens is 2. The van der Waals surface area contributed by atoms with Crippen molar-refractivity contribution in [2.45, 2.75) is 26.3 Å². The summed E-state index contributed by atoms with van der Waals surface area (Å²) in [6.45, 7) is 4.87. The number of hydrogen-bond donors (Lipinski definition) is 1. The molecule has 23 heavy (non-hydrogen) atoms. The van der Waals surface area contributed by atoms with Crippen LogP contribution in [0.3, 0.4) is 0 Å². The number of carbonyl (C=O) groups is 1. The predicted octanol–water partition coefficient (Wildman–Crippen LogP) is 2.85. The van der Waals surface area contributed by atoms with Crippen molar-refractivity contribution in [1.82, 2.24) is 14.9 Å². The number of hydrogen-bond acceptors (Lipinski definition) is 4.